The lowest BCUT2D eigenvalue weighted by atomic mass is 9.74. The highest BCUT2D eigenvalue weighted by atomic mass is 16.6. The fourth-order valence-corrected chi connectivity index (χ4v) is 4.05. The maximum absolute atomic E-state index is 12.9. The molecule has 1 N–H and O–H groups in total. The van der Waals surface area contributed by atoms with Crippen LogP contribution in [0, 0.1) is 10.1 Å². The molecule has 1 aromatic carbocycles. The number of methoxy groups -OCH3 is 2. The minimum absolute atomic E-state index is 0.135. The first kappa shape index (κ1) is 21.4. The highest BCUT2D eigenvalue weighted by Crippen LogP contribution is 2.47. The van der Waals surface area contributed by atoms with Gasteiger partial charge in [-0.2, -0.15) is 0 Å². The summed E-state index contributed by atoms with van der Waals surface area (Å²) in [5, 5.41) is 15.1. The number of ketones is 1. The van der Waals surface area contributed by atoms with Crippen molar-refractivity contribution in [1.82, 2.24) is 5.32 Å². The second-order valence-electron chi connectivity index (χ2n) is 7.01. The van der Waals surface area contributed by atoms with E-state index in [1.807, 2.05) is 0 Å². The van der Waals surface area contributed by atoms with E-state index < -0.39 is 16.8 Å². The van der Waals surface area contributed by atoms with Crippen molar-refractivity contribution >= 4 is 17.4 Å². The van der Waals surface area contributed by atoms with Gasteiger partial charge in [-0.1, -0.05) is 0 Å². The molecule has 1 aliphatic carbocycles. The summed E-state index contributed by atoms with van der Waals surface area (Å²) in [6.07, 6.45) is 1.60. The number of carbonyl (C=O) groups is 2. The van der Waals surface area contributed by atoms with Gasteiger partial charge in [-0.05, 0) is 32.8 Å². The average Bonchev–Trinajstić information content (AvgIpc) is 2.71. The summed E-state index contributed by atoms with van der Waals surface area (Å²) in [5.74, 6) is -1.26. The number of ether oxygens (including phenoxy) is 3. The number of hydrogen-bond donors (Lipinski definition) is 1. The molecule has 0 amide bonds. The maximum Gasteiger partial charge on any atom is 0.336 e. The van der Waals surface area contributed by atoms with Crippen LogP contribution in [-0.4, -0.2) is 37.5 Å². The molecule has 0 saturated carbocycles. The van der Waals surface area contributed by atoms with Crippen LogP contribution in [0.3, 0.4) is 0 Å². The van der Waals surface area contributed by atoms with Gasteiger partial charge in [0.15, 0.2) is 17.3 Å². The zero-order valence-electron chi connectivity index (χ0n) is 17.4. The van der Waals surface area contributed by atoms with Crippen LogP contribution in [-0.2, 0) is 14.3 Å². The molecule has 30 heavy (non-hydrogen) atoms. The lowest BCUT2D eigenvalue weighted by molar-refractivity contribution is -0.385. The fourth-order valence-electron chi connectivity index (χ4n) is 4.05. The molecular weight excluding hydrogens is 392 g/mol. The minimum Gasteiger partial charge on any atom is -0.493 e. The molecule has 9 nitrogen and oxygen atoms in total. The Labute approximate surface area is 173 Å². The molecule has 2 aliphatic rings. The number of nitro groups is 1. The Morgan fingerprint density at radius 2 is 1.90 bits per heavy atom. The number of hydrogen-bond acceptors (Lipinski definition) is 8. The third-order valence-electron chi connectivity index (χ3n) is 5.31. The third kappa shape index (κ3) is 3.62. The molecule has 0 unspecified atom stereocenters. The molecule has 1 aromatic rings. The van der Waals surface area contributed by atoms with Gasteiger partial charge in [0.25, 0.3) is 5.69 Å². The maximum atomic E-state index is 12.9. The van der Waals surface area contributed by atoms with Crippen molar-refractivity contribution in [2.24, 2.45) is 0 Å². The van der Waals surface area contributed by atoms with Gasteiger partial charge in [-0.25, -0.2) is 4.79 Å². The zero-order valence-corrected chi connectivity index (χ0v) is 17.4. The number of nitrogens with one attached hydrogen (secondary N) is 1. The Hall–Kier alpha value is -3.36. The number of Topliss-reactive ketones (excluding diaryl/α,β-unsaturated/α-hetero) is 1. The van der Waals surface area contributed by atoms with Crippen LogP contribution in [0.1, 0.15) is 44.6 Å². The van der Waals surface area contributed by atoms with Crippen molar-refractivity contribution in [2.75, 3.05) is 20.8 Å². The lowest BCUT2D eigenvalue weighted by Gasteiger charge is -2.34. The quantitative estimate of drug-likeness (QED) is 0.427. The van der Waals surface area contributed by atoms with Crippen LogP contribution < -0.4 is 14.8 Å². The van der Waals surface area contributed by atoms with E-state index in [0.717, 1.165) is 0 Å². The Bertz CT molecular complexity index is 978. The van der Waals surface area contributed by atoms with E-state index in [9.17, 15) is 19.7 Å². The summed E-state index contributed by atoms with van der Waals surface area (Å²) in [4.78, 5) is 37.1. The summed E-state index contributed by atoms with van der Waals surface area (Å²) in [6.45, 7) is 3.51. The van der Waals surface area contributed by atoms with Crippen LogP contribution >= 0.6 is 0 Å². The van der Waals surface area contributed by atoms with E-state index in [-0.39, 0.29) is 40.7 Å². The van der Waals surface area contributed by atoms with Gasteiger partial charge in [-0.15, -0.1) is 0 Å². The Kier molecular flexibility index (Phi) is 6.09. The van der Waals surface area contributed by atoms with Crippen molar-refractivity contribution in [3.05, 3.63) is 50.4 Å². The van der Waals surface area contributed by atoms with E-state index in [2.05, 4.69) is 5.32 Å². The Morgan fingerprint density at radius 3 is 2.50 bits per heavy atom. The summed E-state index contributed by atoms with van der Waals surface area (Å²) >= 11 is 0. The number of nitro benzene ring substituents is 1. The summed E-state index contributed by atoms with van der Waals surface area (Å²) in [5.41, 5.74) is 1.66. The average molecular weight is 416 g/mol. The van der Waals surface area contributed by atoms with Crippen LogP contribution in [0.25, 0.3) is 0 Å². The topological polar surface area (TPSA) is 117 Å². The third-order valence-corrected chi connectivity index (χ3v) is 5.31. The Balaban J connectivity index is 2.33. The highest BCUT2D eigenvalue weighted by molar-refractivity contribution is 6.04. The van der Waals surface area contributed by atoms with E-state index in [1.165, 1.54) is 26.4 Å². The second-order valence-corrected chi connectivity index (χ2v) is 7.01. The molecule has 0 aromatic heterocycles. The molecule has 1 atom stereocenters. The summed E-state index contributed by atoms with van der Waals surface area (Å²) in [7, 11) is 2.80. The first-order chi connectivity index (χ1) is 14.3. The number of nitrogens with zero attached hydrogens (tertiary/aromatic N) is 1. The number of rotatable bonds is 6. The number of esters is 1. The first-order valence-electron chi connectivity index (χ1n) is 9.65. The van der Waals surface area contributed by atoms with E-state index in [1.54, 1.807) is 13.8 Å². The van der Waals surface area contributed by atoms with E-state index in [4.69, 9.17) is 14.2 Å². The molecule has 0 saturated heterocycles. The molecule has 0 bridgehead atoms. The standard InChI is InChI=1S/C21H24N2O7/c1-5-30-21(25)18-11(2)22-13-7-6-8-15(24)20(13)19(18)12-9-16(28-3)17(29-4)10-14(12)23(26)27/h9-10,19,22H,5-8H2,1-4H3/t19-/m0/s1. The van der Waals surface area contributed by atoms with E-state index >= 15 is 0 Å². The number of allylic oxidation sites excluding steroid dienone is 3. The predicted octanol–water partition coefficient (Wildman–Crippen LogP) is 3.14. The monoisotopic (exact) mass is 416 g/mol. The van der Waals surface area contributed by atoms with Crippen molar-refractivity contribution in [3.63, 3.8) is 0 Å². The molecule has 9 heteroatoms. The smallest absolute Gasteiger partial charge is 0.336 e. The molecule has 1 heterocycles. The largest absolute Gasteiger partial charge is 0.493 e. The van der Waals surface area contributed by atoms with Gasteiger partial charge in [0.1, 0.15) is 0 Å². The van der Waals surface area contributed by atoms with Crippen LogP contribution in [0.5, 0.6) is 11.5 Å². The van der Waals surface area contributed by atoms with Crippen molar-refractivity contribution < 1.29 is 28.7 Å². The molecule has 0 fully saturated rings. The highest BCUT2D eigenvalue weighted by Gasteiger charge is 2.42. The lowest BCUT2D eigenvalue weighted by Crippen LogP contribution is -2.34. The predicted molar refractivity (Wildman–Crippen MR) is 107 cm³/mol. The minimum atomic E-state index is -0.937. The van der Waals surface area contributed by atoms with Crippen LogP contribution in [0.15, 0.2) is 34.7 Å². The van der Waals surface area contributed by atoms with Crippen LogP contribution in [0.4, 0.5) is 5.69 Å². The molecule has 3 rings (SSSR count). The zero-order chi connectivity index (χ0) is 22.0. The van der Waals surface area contributed by atoms with Gasteiger partial charge in [0.2, 0.25) is 0 Å². The van der Waals surface area contributed by atoms with Crippen LogP contribution in [0.2, 0.25) is 0 Å². The first-order valence-corrected chi connectivity index (χ1v) is 9.65. The molecule has 0 radical (unpaired) electrons. The Morgan fingerprint density at radius 1 is 1.23 bits per heavy atom. The van der Waals surface area contributed by atoms with Gasteiger partial charge >= 0.3 is 5.97 Å². The van der Waals surface area contributed by atoms with Gasteiger partial charge in [0, 0.05) is 29.0 Å². The number of benzene rings is 1. The molecular formula is C21H24N2O7. The second kappa shape index (κ2) is 8.56. The van der Waals surface area contributed by atoms with Crippen molar-refractivity contribution in [3.8, 4) is 11.5 Å². The van der Waals surface area contributed by atoms with Gasteiger partial charge in [0.05, 0.1) is 43.3 Å². The van der Waals surface area contributed by atoms with Crippen molar-refractivity contribution in [1.29, 1.82) is 0 Å². The van der Waals surface area contributed by atoms with E-state index in [0.29, 0.717) is 36.2 Å². The van der Waals surface area contributed by atoms with Gasteiger partial charge in [-0.3, -0.25) is 14.9 Å². The van der Waals surface area contributed by atoms with Gasteiger partial charge < -0.3 is 19.5 Å². The molecule has 1 aliphatic heterocycles. The summed E-state index contributed by atoms with van der Waals surface area (Å²) in [6, 6.07) is 2.72. The number of carbonyl (C=O) groups excluding carboxylic acids is 2. The number of dihydropyridines is 1. The molecule has 160 valence electrons. The van der Waals surface area contributed by atoms with Crippen molar-refractivity contribution in [2.45, 2.75) is 39.0 Å². The SMILES string of the molecule is CCOC(=O)C1=C(C)NC2=C(C(=O)CCC2)[C@H]1c1cc(OC)c(OC)cc1[N+](=O)[O-]. The fraction of sp³-hybridized carbons (Fsp3) is 0.429. The summed E-state index contributed by atoms with van der Waals surface area (Å²) < 4.78 is 15.8. The normalized spacial score (nSPS) is 18.5. The molecule has 0 spiro atoms.